The van der Waals surface area contributed by atoms with Crippen LogP contribution in [0.1, 0.15) is 38.2 Å². The quantitative estimate of drug-likeness (QED) is 0.157. The highest BCUT2D eigenvalue weighted by atomic mass is 127. The van der Waals surface area contributed by atoms with Crippen LogP contribution in [0.25, 0.3) is 0 Å². The molecular weight excluding hydrogens is 447 g/mol. The molecule has 26 heavy (non-hydrogen) atoms. The van der Waals surface area contributed by atoms with E-state index in [1.54, 1.807) is 19.2 Å². The number of nitro groups is 1. The van der Waals surface area contributed by atoms with Crippen LogP contribution >= 0.6 is 24.0 Å². The molecule has 0 amide bonds. The van der Waals surface area contributed by atoms with Crippen LogP contribution in [0.3, 0.4) is 0 Å². The summed E-state index contributed by atoms with van der Waals surface area (Å²) in [6.45, 7) is 4.05. The molecule has 1 fully saturated rings. The van der Waals surface area contributed by atoms with Crippen molar-refractivity contribution in [3.8, 4) is 0 Å². The minimum Gasteiger partial charge on any atom is -0.383 e. The van der Waals surface area contributed by atoms with E-state index >= 15 is 0 Å². The summed E-state index contributed by atoms with van der Waals surface area (Å²) in [7, 11) is 1.67. The minimum absolute atomic E-state index is 0. The fourth-order valence-corrected chi connectivity index (χ4v) is 3.02. The highest BCUT2D eigenvalue weighted by molar-refractivity contribution is 14.0. The van der Waals surface area contributed by atoms with Crippen molar-refractivity contribution < 1.29 is 9.66 Å². The first kappa shape index (κ1) is 22.6. The van der Waals surface area contributed by atoms with Gasteiger partial charge in [0.15, 0.2) is 5.96 Å². The monoisotopic (exact) mass is 476 g/mol. The van der Waals surface area contributed by atoms with Crippen molar-refractivity contribution in [2.75, 3.05) is 20.3 Å². The van der Waals surface area contributed by atoms with Gasteiger partial charge in [0.05, 0.1) is 18.1 Å². The van der Waals surface area contributed by atoms with E-state index in [1.807, 2.05) is 0 Å². The van der Waals surface area contributed by atoms with Gasteiger partial charge in [-0.3, -0.25) is 10.1 Å². The summed E-state index contributed by atoms with van der Waals surface area (Å²) < 4.78 is 5.09. The molecule has 146 valence electrons. The third-order valence-electron chi connectivity index (χ3n) is 4.60. The molecular formula is C18H29IN4O3. The zero-order valence-electron chi connectivity index (χ0n) is 15.4. The van der Waals surface area contributed by atoms with Crippen LogP contribution < -0.4 is 10.6 Å². The number of nitrogens with one attached hydrogen (secondary N) is 2. The Morgan fingerprint density at radius 1 is 1.31 bits per heavy atom. The van der Waals surface area contributed by atoms with E-state index in [0.717, 1.165) is 17.9 Å². The third-order valence-corrected chi connectivity index (χ3v) is 4.60. The first-order valence-corrected chi connectivity index (χ1v) is 8.87. The molecule has 1 saturated carbocycles. The van der Waals surface area contributed by atoms with E-state index in [9.17, 15) is 10.1 Å². The Balaban J connectivity index is 0.00000338. The van der Waals surface area contributed by atoms with Gasteiger partial charge in [0.1, 0.15) is 0 Å². The predicted molar refractivity (Wildman–Crippen MR) is 114 cm³/mol. The third kappa shape index (κ3) is 7.45. The molecule has 0 aromatic heterocycles. The van der Waals surface area contributed by atoms with Crippen molar-refractivity contribution in [1.82, 2.24) is 10.6 Å². The fourth-order valence-electron chi connectivity index (χ4n) is 3.02. The number of hydrogen-bond donors (Lipinski definition) is 2. The standard InChI is InChI=1S/C18H28N4O3.HI/c1-14-5-3-4-6-17(14)21-18(19-11-12-25-2)20-13-15-7-9-16(10-8-15)22(23)24;/h7-10,14,17H,3-6,11-13H2,1-2H3,(H2,19,20,21);1H. The van der Waals surface area contributed by atoms with Gasteiger partial charge in [-0.2, -0.15) is 0 Å². The average molecular weight is 476 g/mol. The smallest absolute Gasteiger partial charge is 0.269 e. The van der Waals surface area contributed by atoms with E-state index in [2.05, 4.69) is 22.5 Å². The maximum atomic E-state index is 10.7. The molecule has 0 bridgehead atoms. The van der Waals surface area contributed by atoms with Crippen molar-refractivity contribution in [1.29, 1.82) is 0 Å². The van der Waals surface area contributed by atoms with Gasteiger partial charge < -0.3 is 15.4 Å². The van der Waals surface area contributed by atoms with E-state index < -0.39 is 4.92 Å². The van der Waals surface area contributed by atoms with Gasteiger partial charge in [0.2, 0.25) is 0 Å². The van der Waals surface area contributed by atoms with Crippen molar-refractivity contribution in [3.05, 3.63) is 39.9 Å². The molecule has 1 aliphatic rings. The fraction of sp³-hybridized carbons (Fsp3) is 0.611. The molecule has 8 heteroatoms. The molecule has 2 unspecified atom stereocenters. The van der Waals surface area contributed by atoms with Gasteiger partial charge >= 0.3 is 0 Å². The Morgan fingerprint density at radius 3 is 2.62 bits per heavy atom. The molecule has 0 aliphatic heterocycles. The van der Waals surface area contributed by atoms with Crippen molar-refractivity contribution in [3.63, 3.8) is 0 Å². The largest absolute Gasteiger partial charge is 0.383 e. The number of aliphatic imine (C=N–C) groups is 1. The van der Waals surface area contributed by atoms with Gasteiger partial charge in [-0.15, -0.1) is 24.0 Å². The summed E-state index contributed by atoms with van der Waals surface area (Å²) in [5, 5.41) is 17.6. The average Bonchev–Trinajstić information content (AvgIpc) is 2.62. The molecule has 1 aromatic rings. The van der Waals surface area contributed by atoms with Crippen molar-refractivity contribution in [2.45, 2.75) is 45.2 Å². The number of non-ortho nitro benzene ring substituents is 1. The Hall–Kier alpha value is -1.42. The number of halogens is 1. The SMILES string of the molecule is COCCNC(=NCc1ccc([N+](=O)[O-])cc1)NC1CCCCC1C.I. The summed E-state index contributed by atoms with van der Waals surface area (Å²) in [6, 6.07) is 6.95. The topological polar surface area (TPSA) is 88.8 Å². The molecule has 2 N–H and O–H groups in total. The number of rotatable bonds is 7. The molecule has 0 saturated heterocycles. The number of methoxy groups -OCH3 is 1. The summed E-state index contributed by atoms with van der Waals surface area (Å²) in [6.07, 6.45) is 4.94. The second kappa shape index (κ2) is 12.1. The number of hydrogen-bond acceptors (Lipinski definition) is 4. The zero-order valence-corrected chi connectivity index (χ0v) is 17.8. The molecule has 0 heterocycles. The Morgan fingerprint density at radius 2 is 2.00 bits per heavy atom. The van der Waals surface area contributed by atoms with Crippen LogP contribution in [-0.2, 0) is 11.3 Å². The predicted octanol–water partition coefficient (Wildman–Crippen LogP) is 3.47. The molecule has 1 aliphatic carbocycles. The molecule has 7 nitrogen and oxygen atoms in total. The van der Waals surface area contributed by atoms with E-state index in [1.165, 1.54) is 31.4 Å². The van der Waals surface area contributed by atoms with Gasteiger partial charge in [-0.25, -0.2) is 4.99 Å². The maximum Gasteiger partial charge on any atom is 0.269 e. The second-order valence-corrected chi connectivity index (χ2v) is 6.52. The van der Waals surface area contributed by atoms with Crippen LogP contribution in [-0.4, -0.2) is 37.2 Å². The van der Waals surface area contributed by atoms with Gasteiger partial charge in [-0.05, 0) is 24.3 Å². The first-order chi connectivity index (χ1) is 12.1. The second-order valence-electron chi connectivity index (χ2n) is 6.52. The number of nitrogens with zero attached hydrogens (tertiary/aromatic N) is 2. The number of nitro benzene ring substituents is 1. The van der Waals surface area contributed by atoms with Crippen molar-refractivity contribution >= 4 is 35.6 Å². The molecule has 0 spiro atoms. The van der Waals surface area contributed by atoms with Crippen molar-refractivity contribution in [2.24, 2.45) is 10.9 Å². The highest BCUT2D eigenvalue weighted by Gasteiger charge is 2.22. The maximum absolute atomic E-state index is 10.7. The summed E-state index contributed by atoms with van der Waals surface area (Å²) in [5.74, 6) is 1.40. The lowest BCUT2D eigenvalue weighted by molar-refractivity contribution is -0.384. The Bertz CT molecular complexity index is 580. The van der Waals surface area contributed by atoms with Gasteiger partial charge in [0, 0.05) is 31.8 Å². The van der Waals surface area contributed by atoms with E-state index in [4.69, 9.17) is 4.74 Å². The molecule has 1 aromatic carbocycles. The van der Waals surface area contributed by atoms with Crippen LogP contribution in [0.2, 0.25) is 0 Å². The summed E-state index contributed by atoms with van der Waals surface area (Å²) in [5.41, 5.74) is 1.04. The lowest BCUT2D eigenvalue weighted by Crippen LogP contribution is -2.47. The molecule has 0 radical (unpaired) electrons. The number of guanidine groups is 1. The van der Waals surface area contributed by atoms with Crippen LogP contribution in [0.4, 0.5) is 5.69 Å². The number of ether oxygens (including phenoxy) is 1. The zero-order chi connectivity index (χ0) is 18.1. The highest BCUT2D eigenvalue weighted by Crippen LogP contribution is 2.23. The van der Waals surface area contributed by atoms with Gasteiger partial charge in [0.25, 0.3) is 5.69 Å². The molecule has 2 atom stereocenters. The summed E-state index contributed by atoms with van der Waals surface area (Å²) in [4.78, 5) is 15.0. The van der Waals surface area contributed by atoms with E-state index in [-0.39, 0.29) is 29.7 Å². The minimum atomic E-state index is -0.392. The van der Waals surface area contributed by atoms with E-state index in [0.29, 0.717) is 31.7 Å². The molecule has 2 rings (SSSR count). The summed E-state index contributed by atoms with van der Waals surface area (Å²) >= 11 is 0. The van der Waals surface area contributed by atoms with Crippen LogP contribution in [0.5, 0.6) is 0 Å². The van der Waals surface area contributed by atoms with Crippen LogP contribution in [0, 0.1) is 16.0 Å². The van der Waals surface area contributed by atoms with Gasteiger partial charge in [-0.1, -0.05) is 31.9 Å². The first-order valence-electron chi connectivity index (χ1n) is 8.87. The Labute approximate surface area is 172 Å². The normalized spacial score (nSPS) is 20.2. The Kier molecular flexibility index (Phi) is 10.5. The lowest BCUT2D eigenvalue weighted by atomic mass is 9.86. The number of benzene rings is 1. The lowest BCUT2D eigenvalue weighted by Gasteiger charge is -2.31. The van der Waals surface area contributed by atoms with Crippen LogP contribution in [0.15, 0.2) is 29.3 Å².